The number of anilines is 1. The molecule has 3 aromatic carbocycles. The van der Waals surface area contributed by atoms with Gasteiger partial charge in [0.1, 0.15) is 22.9 Å². The first-order chi connectivity index (χ1) is 16.7. The van der Waals surface area contributed by atoms with Crippen molar-refractivity contribution in [2.45, 2.75) is 19.9 Å². The SMILES string of the molecule is Cc1cccc(C2/C(=C(\O)c3ccc(F)c(C)c3)C(=O)C(=O)N2c2nc3c(F)cc(F)cc3s2)c1. The normalized spacial score (nSPS) is 17.5. The van der Waals surface area contributed by atoms with Crippen molar-refractivity contribution in [2.24, 2.45) is 0 Å². The minimum absolute atomic E-state index is 0.0209. The summed E-state index contributed by atoms with van der Waals surface area (Å²) in [4.78, 5) is 31.7. The van der Waals surface area contributed by atoms with Gasteiger partial charge in [-0.05, 0) is 49.2 Å². The van der Waals surface area contributed by atoms with Gasteiger partial charge in [0.15, 0.2) is 10.9 Å². The maximum Gasteiger partial charge on any atom is 0.301 e. The number of ketones is 1. The first-order valence-corrected chi connectivity index (χ1v) is 11.4. The number of carbonyl (C=O) groups excluding carboxylic acids is 2. The van der Waals surface area contributed by atoms with Crippen LogP contribution in [0, 0.1) is 31.3 Å². The Balaban J connectivity index is 1.76. The van der Waals surface area contributed by atoms with Crippen LogP contribution in [0.5, 0.6) is 0 Å². The van der Waals surface area contributed by atoms with Crippen LogP contribution in [-0.4, -0.2) is 21.8 Å². The number of carbonyl (C=O) groups is 2. The maximum atomic E-state index is 14.3. The lowest BCUT2D eigenvalue weighted by Crippen LogP contribution is -2.29. The van der Waals surface area contributed by atoms with Gasteiger partial charge in [-0.1, -0.05) is 41.2 Å². The van der Waals surface area contributed by atoms with Gasteiger partial charge in [-0.2, -0.15) is 0 Å². The molecule has 1 aliphatic rings. The topological polar surface area (TPSA) is 70.5 Å². The van der Waals surface area contributed by atoms with Crippen LogP contribution >= 0.6 is 11.3 Å². The second-order valence-corrected chi connectivity index (χ2v) is 9.29. The van der Waals surface area contributed by atoms with Gasteiger partial charge in [0.25, 0.3) is 5.78 Å². The number of aliphatic hydroxyl groups is 1. The Morgan fingerprint density at radius 1 is 1.00 bits per heavy atom. The Morgan fingerprint density at radius 3 is 2.49 bits per heavy atom. The van der Waals surface area contributed by atoms with Crippen LogP contribution in [0.4, 0.5) is 18.3 Å². The third kappa shape index (κ3) is 3.77. The van der Waals surface area contributed by atoms with Crippen molar-refractivity contribution >= 4 is 44.1 Å². The van der Waals surface area contributed by atoms with E-state index in [1.165, 1.54) is 19.1 Å². The van der Waals surface area contributed by atoms with E-state index < -0.39 is 40.9 Å². The van der Waals surface area contributed by atoms with E-state index in [1.54, 1.807) is 18.2 Å². The number of aromatic nitrogens is 1. The maximum absolute atomic E-state index is 14.3. The molecule has 1 aromatic heterocycles. The molecule has 1 atom stereocenters. The highest BCUT2D eigenvalue weighted by molar-refractivity contribution is 7.22. The minimum Gasteiger partial charge on any atom is -0.507 e. The zero-order valence-electron chi connectivity index (χ0n) is 18.5. The van der Waals surface area contributed by atoms with Gasteiger partial charge in [0, 0.05) is 11.6 Å². The summed E-state index contributed by atoms with van der Waals surface area (Å²) in [6.07, 6.45) is 0. The molecule has 0 radical (unpaired) electrons. The van der Waals surface area contributed by atoms with Crippen LogP contribution < -0.4 is 4.90 Å². The van der Waals surface area contributed by atoms with Crippen molar-refractivity contribution in [3.63, 3.8) is 0 Å². The average molecular weight is 494 g/mol. The number of benzene rings is 3. The van der Waals surface area contributed by atoms with Crippen LogP contribution in [0.15, 0.2) is 60.2 Å². The molecule has 0 spiro atoms. The molecule has 176 valence electrons. The highest BCUT2D eigenvalue weighted by Gasteiger charge is 2.48. The summed E-state index contributed by atoms with van der Waals surface area (Å²) in [6.45, 7) is 3.34. The van der Waals surface area contributed by atoms with Crippen molar-refractivity contribution in [3.05, 3.63) is 99.9 Å². The summed E-state index contributed by atoms with van der Waals surface area (Å²) < 4.78 is 42.1. The molecule has 35 heavy (non-hydrogen) atoms. The van der Waals surface area contributed by atoms with E-state index in [0.717, 1.165) is 33.9 Å². The second-order valence-electron chi connectivity index (χ2n) is 8.28. The summed E-state index contributed by atoms with van der Waals surface area (Å²) in [5.74, 6) is -4.60. The Bertz CT molecular complexity index is 1580. The number of amides is 1. The number of fused-ring (bicyclic) bond motifs is 1. The highest BCUT2D eigenvalue weighted by atomic mass is 32.1. The first kappa shape index (κ1) is 22.8. The van der Waals surface area contributed by atoms with Crippen molar-refractivity contribution in [3.8, 4) is 0 Å². The number of Topliss-reactive ketones (excluding diaryl/α,β-unsaturated/α-hetero) is 1. The summed E-state index contributed by atoms with van der Waals surface area (Å²) in [6, 6.07) is 11.5. The molecule has 1 amide bonds. The second kappa shape index (κ2) is 8.35. The van der Waals surface area contributed by atoms with Gasteiger partial charge in [0.2, 0.25) is 0 Å². The molecule has 1 N–H and O–H groups in total. The van der Waals surface area contributed by atoms with Crippen molar-refractivity contribution in [1.29, 1.82) is 0 Å². The van der Waals surface area contributed by atoms with Crippen LogP contribution in [0.2, 0.25) is 0 Å². The fraction of sp³-hybridized carbons (Fsp3) is 0.115. The molecule has 0 aliphatic carbocycles. The molecular weight excluding hydrogens is 477 g/mol. The summed E-state index contributed by atoms with van der Waals surface area (Å²) in [5, 5.41) is 11.1. The van der Waals surface area contributed by atoms with Crippen molar-refractivity contribution in [2.75, 3.05) is 4.90 Å². The van der Waals surface area contributed by atoms with Gasteiger partial charge in [-0.3, -0.25) is 14.5 Å². The third-order valence-electron chi connectivity index (χ3n) is 5.84. The molecule has 9 heteroatoms. The Kier molecular flexibility index (Phi) is 5.44. The number of hydrogen-bond donors (Lipinski definition) is 1. The summed E-state index contributed by atoms with van der Waals surface area (Å²) in [7, 11) is 0. The monoisotopic (exact) mass is 494 g/mol. The van der Waals surface area contributed by atoms with Crippen molar-refractivity contribution in [1.82, 2.24) is 4.98 Å². The molecule has 4 aromatic rings. The van der Waals surface area contributed by atoms with E-state index in [-0.39, 0.29) is 32.0 Å². The number of aliphatic hydroxyl groups excluding tert-OH is 1. The van der Waals surface area contributed by atoms with Crippen LogP contribution in [0.25, 0.3) is 16.0 Å². The molecular formula is C26H17F3N2O3S. The molecule has 1 unspecified atom stereocenters. The van der Waals surface area contributed by atoms with Gasteiger partial charge >= 0.3 is 5.91 Å². The van der Waals surface area contributed by atoms with Crippen molar-refractivity contribution < 1.29 is 27.9 Å². The van der Waals surface area contributed by atoms with E-state index >= 15 is 0 Å². The predicted octanol–water partition coefficient (Wildman–Crippen LogP) is 5.96. The lowest BCUT2D eigenvalue weighted by atomic mass is 9.94. The molecule has 1 saturated heterocycles. The lowest BCUT2D eigenvalue weighted by molar-refractivity contribution is -0.132. The summed E-state index contributed by atoms with van der Waals surface area (Å²) >= 11 is 0.853. The Morgan fingerprint density at radius 2 is 1.77 bits per heavy atom. The molecule has 1 fully saturated rings. The Labute approximate surface area is 201 Å². The van der Waals surface area contributed by atoms with Gasteiger partial charge in [0.05, 0.1) is 16.3 Å². The van der Waals surface area contributed by atoms with E-state index in [4.69, 9.17) is 0 Å². The van der Waals surface area contributed by atoms with Gasteiger partial charge < -0.3 is 5.11 Å². The van der Waals surface area contributed by atoms with E-state index in [9.17, 15) is 27.9 Å². The third-order valence-corrected chi connectivity index (χ3v) is 6.84. The van der Waals surface area contributed by atoms with E-state index in [2.05, 4.69) is 4.98 Å². The van der Waals surface area contributed by atoms with Crippen LogP contribution in [-0.2, 0) is 9.59 Å². The van der Waals surface area contributed by atoms with E-state index in [0.29, 0.717) is 11.6 Å². The molecule has 1 aliphatic heterocycles. The smallest absolute Gasteiger partial charge is 0.301 e. The van der Waals surface area contributed by atoms with Gasteiger partial charge in [-0.15, -0.1) is 0 Å². The first-order valence-electron chi connectivity index (χ1n) is 10.6. The zero-order chi connectivity index (χ0) is 25.0. The predicted molar refractivity (Wildman–Crippen MR) is 127 cm³/mol. The number of thiazole rings is 1. The largest absolute Gasteiger partial charge is 0.507 e. The molecule has 0 bridgehead atoms. The highest BCUT2D eigenvalue weighted by Crippen LogP contribution is 2.44. The fourth-order valence-corrected chi connectivity index (χ4v) is 5.21. The number of nitrogens with zero attached hydrogens (tertiary/aromatic N) is 2. The minimum atomic E-state index is -1.09. The number of hydrogen-bond acceptors (Lipinski definition) is 5. The number of halogens is 3. The van der Waals surface area contributed by atoms with Gasteiger partial charge in [-0.25, -0.2) is 18.2 Å². The average Bonchev–Trinajstić information content (AvgIpc) is 3.34. The van der Waals surface area contributed by atoms with Crippen LogP contribution in [0.1, 0.15) is 28.3 Å². The standard InChI is InChI=1S/C26H17F3N2O3S/c1-12-4-3-5-14(8-12)22-20(23(32)15-6-7-17(28)13(2)9-15)24(33)25(34)31(22)26-30-21-18(29)10-16(27)11-19(21)35-26/h3-11,22,32H,1-2H3/b23-20+. The summed E-state index contributed by atoms with van der Waals surface area (Å²) in [5.41, 5.74) is 1.41. The zero-order valence-corrected chi connectivity index (χ0v) is 19.3. The lowest BCUT2D eigenvalue weighted by Gasteiger charge is -2.23. The number of rotatable bonds is 3. The molecule has 2 heterocycles. The van der Waals surface area contributed by atoms with E-state index in [1.807, 2.05) is 13.0 Å². The fourth-order valence-electron chi connectivity index (χ4n) is 4.18. The van der Waals surface area contributed by atoms with Crippen LogP contribution in [0.3, 0.4) is 0 Å². The number of aryl methyl sites for hydroxylation is 2. The molecule has 0 saturated carbocycles. The molecule has 5 rings (SSSR count). The Hall–Kier alpha value is -3.98. The molecule has 5 nitrogen and oxygen atoms in total. The quantitative estimate of drug-likeness (QED) is 0.217.